The average molecular weight is 142 g/mol. The van der Waals surface area contributed by atoms with Gasteiger partial charge in [-0.15, -0.1) is 0 Å². The van der Waals surface area contributed by atoms with Gasteiger partial charge in [-0.05, 0) is 13.5 Å². The molecular formula is C7H14N2O. The van der Waals surface area contributed by atoms with Gasteiger partial charge in [0.2, 0.25) is 0 Å². The molecule has 2 N–H and O–H groups in total. The van der Waals surface area contributed by atoms with Gasteiger partial charge in [0.1, 0.15) is 0 Å². The number of nitrogens with two attached hydrogens (primary N) is 1. The van der Waals surface area contributed by atoms with Gasteiger partial charge in [0.25, 0.3) is 0 Å². The summed E-state index contributed by atoms with van der Waals surface area (Å²) in [6, 6.07) is 0. The van der Waals surface area contributed by atoms with Gasteiger partial charge in [-0.25, -0.2) is 0 Å². The Morgan fingerprint density at radius 2 is 2.50 bits per heavy atom. The van der Waals surface area contributed by atoms with Gasteiger partial charge in [0, 0.05) is 19.7 Å². The third kappa shape index (κ3) is 0.779. The highest BCUT2D eigenvalue weighted by atomic mass is 16.5. The number of ether oxygens (including phenoxy) is 1. The molecule has 2 fully saturated rings. The first-order valence-electron chi connectivity index (χ1n) is 3.80. The highest BCUT2D eigenvalue weighted by molar-refractivity contribution is 5.04. The molecule has 0 amide bonds. The highest BCUT2D eigenvalue weighted by Gasteiger charge is 2.46. The molecule has 2 aliphatic heterocycles. The van der Waals surface area contributed by atoms with Crippen molar-refractivity contribution in [2.75, 3.05) is 26.7 Å². The van der Waals surface area contributed by atoms with Crippen LogP contribution >= 0.6 is 0 Å². The average Bonchev–Trinajstić information content (AvgIpc) is 2.20. The SMILES string of the molecule is CN1CC2OCCC2(N)C1. The molecule has 0 spiro atoms. The van der Waals surface area contributed by atoms with Crippen molar-refractivity contribution in [3.8, 4) is 0 Å². The van der Waals surface area contributed by atoms with Gasteiger partial charge in [-0.2, -0.15) is 0 Å². The standard InChI is InChI=1S/C7H14N2O/c1-9-4-6-7(8,5-9)2-3-10-6/h6H,2-5,8H2,1H3. The second-order valence-electron chi connectivity index (χ2n) is 3.54. The second kappa shape index (κ2) is 1.94. The third-order valence-corrected chi connectivity index (χ3v) is 2.57. The largest absolute Gasteiger partial charge is 0.375 e. The van der Waals surface area contributed by atoms with E-state index in [0.29, 0.717) is 6.10 Å². The zero-order valence-corrected chi connectivity index (χ0v) is 6.34. The number of hydrogen-bond donors (Lipinski definition) is 1. The predicted molar refractivity (Wildman–Crippen MR) is 38.8 cm³/mol. The number of likely N-dealkylation sites (tertiary alicyclic amines) is 1. The van der Waals surface area contributed by atoms with Crippen molar-refractivity contribution in [1.82, 2.24) is 4.90 Å². The fraction of sp³-hybridized carbons (Fsp3) is 1.00. The summed E-state index contributed by atoms with van der Waals surface area (Å²) in [6.45, 7) is 2.86. The normalized spacial score (nSPS) is 48.0. The molecule has 3 heteroatoms. The van der Waals surface area contributed by atoms with Crippen LogP contribution in [0.25, 0.3) is 0 Å². The van der Waals surface area contributed by atoms with E-state index in [2.05, 4.69) is 11.9 Å². The van der Waals surface area contributed by atoms with E-state index in [0.717, 1.165) is 26.1 Å². The van der Waals surface area contributed by atoms with Gasteiger partial charge < -0.3 is 15.4 Å². The Bertz CT molecular complexity index is 151. The smallest absolute Gasteiger partial charge is 0.0894 e. The van der Waals surface area contributed by atoms with E-state index in [9.17, 15) is 0 Å². The van der Waals surface area contributed by atoms with Crippen molar-refractivity contribution >= 4 is 0 Å². The summed E-state index contributed by atoms with van der Waals surface area (Å²) in [5.41, 5.74) is 6.07. The van der Waals surface area contributed by atoms with Gasteiger partial charge in [-0.1, -0.05) is 0 Å². The van der Waals surface area contributed by atoms with Crippen LogP contribution in [0.15, 0.2) is 0 Å². The number of fused-ring (bicyclic) bond motifs is 1. The van der Waals surface area contributed by atoms with Crippen LogP contribution in [0.5, 0.6) is 0 Å². The summed E-state index contributed by atoms with van der Waals surface area (Å²) in [5, 5.41) is 0. The fourth-order valence-electron chi connectivity index (χ4n) is 1.98. The van der Waals surface area contributed by atoms with Crippen molar-refractivity contribution in [1.29, 1.82) is 0 Å². The second-order valence-corrected chi connectivity index (χ2v) is 3.54. The summed E-state index contributed by atoms with van der Waals surface area (Å²) in [5.74, 6) is 0. The Morgan fingerprint density at radius 3 is 3.20 bits per heavy atom. The van der Waals surface area contributed by atoms with Gasteiger partial charge in [0.15, 0.2) is 0 Å². The zero-order valence-electron chi connectivity index (χ0n) is 6.34. The Balaban J connectivity index is 2.15. The summed E-state index contributed by atoms with van der Waals surface area (Å²) in [6.07, 6.45) is 1.33. The molecule has 2 atom stereocenters. The molecule has 0 aliphatic carbocycles. The van der Waals surface area contributed by atoms with Crippen LogP contribution in [0, 0.1) is 0 Å². The molecular weight excluding hydrogens is 128 g/mol. The lowest BCUT2D eigenvalue weighted by molar-refractivity contribution is 0.0977. The van der Waals surface area contributed by atoms with Crippen LogP contribution in [0.2, 0.25) is 0 Å². The topological polar surface area (TPSA) is 38.5 Å². The molecule has 2 aliphatic rings. The molecule has 58 valence electrons. The van der Waals surface area contributed by atoms with Crippen LogP contribution in [0.4, 0.5) is 0 Å². The third-order valence-electron chi connectivity index (χ3n) is 2.57. The molecule has 0 aromatic carbocycles. The molecule has 0 aromatic rings. The Labute approximate surface area is 61.1 Å². The van der Waals surface area contributed by atoms with Crippen LogP contribution in [0.3, 0.4) is 0 Å². The molecule has 2 rings (SSSR count). The molecule has 0 bridgehead atoms. The number of hydrogen-bond acceptors (Lipinski definition) is 3. The first-order chi connectivity index (χ1) is 4.71. The fourth-order valence-corrected chi connectivity index (χ4v) is 1.98. The minimum Gasteiger partial charge on any atom is -0.375 e. The molecule has 0 aromatic heterocycles. The van der Waals surface area contributed by atoms with Crippen LogP contribution < -0.4 is 5.73 Å². The summed E-state index contributed by atoms with van der Waals surface area (Å²) in [7, 11) is 2.09. The van der Waals surface area contributed by atoms with Crippen molar-refractivity contribution < 1.29 is 4.74 Å². The van der Waals surface area contributed by atoms with E-state index < -0.39 is 0 Å². The predicted octanol–water partition coefficient (Wildman–Crippen LogP) is -0.582. The van der Waals surface area contributed by atoms with Crippen molar-refractivity contribution in [2.24, 2.45) is 5.73 Å². The van der Waals surface area contributed by atoms with E-state index in [1.807, 2.05) is 0 Å². The Morgan fingerprint density at radius 1 is 1.70 bits per heavy atom. The number of likely N-dealkylation sites (N-methyl/N-ethyl adjacent to an activating group) is 1. The lowest BCUT2D eigenvalue weighted by Gasteiger charge is -2.19. The maximum absolute atomic E-state index is 6.09. The van der Waals surface area contributed by atoms with Crippen molar-refractivity contribution in [2.45, 2.75) is 18.1 Å². The minimum atomic E-state index is -0.0191. The molecule has 2 saturated heterocycles. The van der Waals surface area contributed by atoms with Gasteiger partial charge >= 0.3 is 0 Å². The quantitative estimate of drug-likeness (QED) is 0.491. The maximum Gasteiger partial charge on any atom is 0.0894 e. The summed E-state index contributed by atoms with van der Waals surface area (Å²) in [4.78, 5) is 2.24. The Kier molecular flexibility index (Phi) is 1.27. The van der Waals surface area contributed by atoms with Crippen LogP contribution in [-0.4, -0.2) is 43.3 Å². The first kappa shape index (κ1) is 6.58. The Hall–Kier alpha value is -0.120. The number of rotatable bonds is 0. The lowest BCUT2D eigenvalue weighted by atomic mass is 9.96. The van der Waals surface area contributed by atoms with E-state index in [4.69, 9.17) is 10.5 Å². The van der Waals surface area contributed by atoms with E-state index in [-0.39, 0.29) is 5.54 Å². The molecule has 10 heavy (non-hydrogen) atoms. The van der Waals surface area contributed by atoms with E-state index in [1.165, 1.54) is 0 Å². The van der Waals surface area contributed by atoms with Gasteiger partial charge in [0.05, 0.1) is 11.6 Å². The summed E-state index contributed by atoms with van der Waals surface area (Å²) < 4.78 is 5.48. The molecule has 0 saturated carbocycles. The van der Waals surface area contributed by atoms with Crippen LogP contribution in [-0.2, 0) is 4.74 Å². The maximum atomic E-state index is 6.09. The van der Waals surface area contributed by atoms with E-state index in [1.54, 1.807) is 0 Å². The van der Waals surface area contributed by atoms with Crippen LogP contribution in [0.1, 0.15) is 6.42 Å². The lowest BCUT2D eigenvalue weighted by Crippen LogP contribution is -2.47. The number of nitrogens with zero attached hydrogens (tertiary/aromatic N) is 1. The molecule has 2 heterocycles. The van der Waals surface area contributed by atoms with Crippen molar-refractivity contribution in [3.63, 3.8) is 0 Å². The minimum absolute atomic E-state index is 0.0191. The summed E-state index contributed by atoms with van der Waals surface area (Å²) >= 11 is 0. The molecule has 2 unspecified atom stereocenters. The first-order valence-corrected chi connectivity index (χ1v) is 3.80. The van der Waals surface area contributed by atoms with Crippen molar-refractivity contribution in [3.05, 3.63) is 0 Å². The highest BCUT2D eigenvalue weighted by Crippen LogP contribution is 2.29. The zero-order chi connectivity index (χ0) is 7.19. The molecule has 3 nitrogen and oxygen atoms in total. The molecule has 0 radical (unpaired) electrons. The van der Waals surface area contributed by atoms with E-state index >= 15 is 0 Å². The van der Waals surface area contributed by atoms with Gasteiger partial charge in [-0.3, -0.25) is 0 Å². The monoisotopic (exact) mass is 142 g/mol.